The quantitative estimate of drug-likeness (QED) is 0.550. The smallest absolute Gasteiger partial charge is 0.227 e. The molecule has 0 bridgehead atoms. The number of carbonyl (C=O) groups is 1. The fourth-order valence-corrected chi connectivity index (χ4v) is 1.52. The molecule has 0 fully saturated rings. The van der Waals surface area contributed by atoms with Crippen LogP contribution in [0.3, 0.4) is 0 Å². The Morgan fingerprint density at radius 3 is 2.47 bits per heavy atom. The first-order chi connectivity index (χ1) is 7.75. The molecular formula is C13H13BrN2O. The average molecular weight is 293 g/mol. The summed E-state index contributed by atoms with van der Waals surface area (Å²) in [4.78, 5) is 11.9. The van der Waals surface area contributed by atoms with E-state index in [1.165, 1.54) is 0 Å². The van der Waals surface area contributed by atoms with Gasteiger partial charge >= 0.3 is 0 Å². The Kier molecular flexibility index (Phi) is 4.84. The van der Waals surface area contributed by atoms with E-state index >= 15 is 0 Å². The molecule has 0 saturated carbocycles. The zero-order valence-electron chi connectivity index (χ0n) is 9.21. The molecule has 0 aliphatic rings. The van der Waals surface area contributed by atoms with Gasteiger partial charge in [-0.15, -0.1) is 0 Å². The fourth-order valence-electron chi connectivity index (χ4n) is 1.52. The first kappa shape index (κ1) is 13.4. The number of hydrogen-bond donors (Lipinski definition) is 1. The first-order valence-electron chi connectivity index (χ1n) is 5.08. The van der Waals surface area contributed by atoms with Crippen molar-refractivity contribution in [3.63, 3.8) is 0 Å². The van der Waals surface area contributed by atoms with Gasteiger partial charge in [0.2, 0.25) is 12.3 Å². The minimum atomic E-state index is 0. The molecule has 2 N–H and O–H groups in total. The van der Waals surface area contributed by atoms with Gasteiger partial charge in [0.1, 0.15) is 0 Å². The van der Waals surface area contributed by atoms with Gasteiger partial charge in [-0.2, -0.15) is 4.57 Å². The zero-order valence-corrected chi connectivity index (χ0v) is 10.8. The molecule has 0 atom stereocenters. The number of ketones is 1. The molecule has 1 aromatic heterocycles. The SMILES string of the molecule is Nc1ccc[n+](CC(=O)c2ccccc2)c1.[Br-]. The van der Waals surface area contributed by atoms with Gasteiger partial charge in [-0.25, -0.2) is 0 Å². The molecule has 0 spiro atoms. The Morgan fingerprint density at radius 2 is 1.82 bits per heavy atom. The van der Waals surface area contributed by atoms with Crippen LogP contribution < -0.4 is 27.3 Å². The fraction of sp³-hybridized carbons (Fsp3) is 0.0769. The van der Waals surface area contributed by atoms with Crippen LogP contribution in [0.1, 0.15) is 10.4 Å². The number of pyridine rings is 1. The molecule has 3 nitrogen and oxygen atoms in total. The van der Waals surface area contributed by atoms with Crippen LogP contribution in [0.15, 0.2) is 54.9 Å². The third-order valence-corrected chi connectivity index (χ3v) is 2.30. The lowest BCUT2D eigenvalue weighted by molar-refractivity contribution is -0.682. The van der Waals surface area contributed by atoms with Crippen molar-refractivity contribution < 1.29 is 26.3 Å². The predicted molar refractivity (Wildman–Crippen MR) is 61.8 cm³/mol. The van der Waals surface area contributed by atoms with Crippen molar-refractivity contribution in [3.8, 4) is 0 Å². The van der Waals surface area contributed by atoms with E-state index in [1.54, 1.807) is 16.8 Å². The number of nitrogen functional groups attached to an aromatic ring is 1. The summed E-state index contributed by atoms with van der Waals surface area (Å²) in [5, 5.41) is 0. The molecule has 0 aliphatic carbocycles. The highest BCUT2D eigenvalue weighted by molar-refractivity contribution is 5.94. The molecule has 0 amide bonds. The third kappa shape index (κ3) is 3.67. The van der Waals surface area contributed by atoms with Crippen LogP contribution in [-0.2, 0) is 6.54 Å². The summed E-state index contributed by atoms with van der Waals surface area (Å²) in [6.07, 6.45) is 3.58. The van der Waals surface area contributed by atoms with Crippen molar-refractivity contribution >= 4 is 11.5 Å². The highest BCUT2D eigenvalue weighted by Crippen LogP contribution is 2.00. The van der Waals surface area contributed by atoms with E-state index in [0.717, 1.165) is 5.56 Å². The minimum absolute atomic E-state index is 0. The Hall–Kier alpha value is -1.68. The van der Waals surface area contributed by atoms with E-state index in [4.69, 9.17) is 5.73 Å². The van der Waals surface area contributed by atoms with Crippen molar-refractivity contribution in [1.29, 1.82) is 0 Å². The summed E-state index contributed by atoms with van der Waals surface area (Å²) in [6.45, 7) is 0.315. The van der Waals surface area contributed by atoms with Gasteiger partial charge in [-0.3, -0.25) is 4.79 Å². The lowest BCUT2D eigenvalue weighted by Gasteiger charge is -1.98. The average Bonchev–Trinajstić information content (AvgIpc) is 2.30. The second-order valence-electron chi connectivity index (χ2n) is 3.60. The van der Waals surface area contributed by atoms with Gasteiger partial charge in [-0.1, -0.05) is 30.3 Å². The van der Waals surface area contributed by atoms with Crippen molar-refractivity contribution in [2.45, 2.75) is 6.54 Å². The highest BCUT2D eigenvalue weighted by Gasteiger charge is 2.11. The van der Waals surface area contributed by atoms with Crippen LogP contribution >= 0.6 is 0 Å². The molecule has 2 rings (SSSR count). The van der Waals surface area contributed by atoms with E-state index < -0.39 is 0 Å². The summed E-state index contributed by atoms with van der Waals surface area (Å²) in [7, 11) is 0. The molecule has 0 radical (unpaired) electrons. The molecule has 0 aliphatic heterocycles. The van der Waals surface area contributed by atoms with Gasteiger partial charge in [0.05, 0.1) is 5.69 Å². The van der Waals surface area contributed by atoms with E-state index in [9.17, 15) is 4.79 Å². The molecule has 1 heterocycles. The number of carbonyl (C=O) groups excluding carboxylic acids is 1. The number of benzene rings is 1. The van der Waals surface area contributed by atoms with Crippen molar-refractivity contribution in [1.82, 2.24) is 0 Å². The lowest BCUT2D eigenvalue weighted by atomic mass is 10.1. The van der Waals surface area contributed by atoms with Gasteiger partial charge < -0.3 is 22.7 Å². The first-order valence-corrected chi connectivity index (χ1v) is 5.08. The van der Waals surface area contributed by atoms with Gasteiger partial charge in [0, 0.05) is 11.6 Å². The van der Waals surface area contributed by atoms with E-state index in [0.29, 0.717) is 12.2 Å². The number of aromatic nitrogens is 1. The second kappa shape index (κ2) is 6.15. The Balaban J connectivity index is 0.00000144. The molecule has 0 saturated heterocycles. The summed E-state index contributed by atoms with van der Waals surface area (Å²) in [6, 6.07) is 12.9. The second-order valence-corrected chi connectivity index (χ2v) is 3.60. The monoisotopic (exact) mass is 292 g/mol. The van der Waals surface area contributed by atoms with Crippen LogP contribution in [0.4, 0.5) is 5.69 Å². The Labute approximate surface area is 111 Å². The van der Waals surface area contributed by atoms with E-state index in [2.05, 4.69) is 0 Å². The number of nitrogens with two attached hydrogens (primary N) is 1. The van der Waals surface area contributed by atoms with Crippen LogP contribution in [0, 0.1) is 0 Å². The van der Waals surface area contributed by atoms with Crippen LogP contribution in [-0.4, -0.2) is 5.78 Å². The van der Waals surface area contributed by atoms with E-state index in [-0.39, 0.29) is 22.8 Å². The van der Waals surface area contributed by atoms with Crippen molar-refractivity contribution in [3.05, 3.63) is 60.4 Å². The number of halogens is 1. The number of nitrogens with zero attached hydrogens (tertiary/aromatic N) is 1. The summed E-state index contributed by atoms with van der Waals surface area (Å²) in [5.74, 6) is 0.0798. The standard InChI is InChI=1S/C13H13N2O.BrH/c14-12-7-4-8-15(9-12)10-13(16)11-5-2-1-3-6-11;/h1-9H,10,14H2;1H/q+1;/p-1. The maximum atomic E-state index is 11.9. The molecule has 4 heteroatoms. The zero-order chi connectivity index (χ0) is 11.4. The maximum absolute atomic E-state index is 11.9. The minimum Gasteiger partial charge on any atom is -1.00 e. The molecule has 0 unspecified atom stereocenters. The normalized spacial score (nSPS) is 9.41. The lowest BCUT2D eigenvalue weighted by Crippen LogP contribution is -3.00. The maximum Gasteiger partial charge on any atom is 0.227 e. The summed E-state index contributed by atoms with van der Waals surface area (Å²) in [5.41, 5.74) is 7.02. The number of rotatable bonds is 3. The highest BCUT2D eigenvalue weighted by atomic mass is 79.9. The molecular weight excluding hydrogens is 280 g/mol. The van der Waals surface area contributed by atoms with Crippen LogP contribution in [0.25, 0.3) is 0 Å². The van der Waals surface area contributed by atoms with Gasteiger partial charge in [0.25, 0.3) is 0 Å². The summed E-state index contributed by atoms with van der Waals surface area (Å²) >= 11 is 0. The Morgan fingerprint density at radius 1 is 1.12 bits per heavy atom. The molecule has 1 aromatic carbocycles. The number of anilines is 1. The topological polar surface area (TPSA) is 47.0 Å². The Bertz CT molecular complexity index is 500. The number of hydrogen-bond acceptors (Lipinski definition) is 2. The van der Waals surface area contributed by atoms with Gasteiger partial charge in [0.15, 0.2) is 12.4 Å². The van der Waals surface area contributed by atoms with Crippen LogP contribution in [0.2, 0.25) is 0 Å². The largest absolute Gasteiger partial charge is 1.00 e. The molecule has 88 valence electrons. The number of Topliss-reactive ketones (excluding diaryl/α,β-unsaturated/α-hetero) is 1. The van der Waals surface area contributed by atoms with Gasteiger partial charge in [-0.05, 0) is 6.07 Å². The summed E-state index contributed by atoms with van der Waals surface area (Å²) < 4.78 is 1.78. The van der Waals surface area contributed by atoms with Crippen molar-refractivity contribution in [2.75, 3.05) is 5.73 Å². The molecule has 2 aromatic rings. The predicted octanol–water partition coefficient (Wildman–Crippen LogP) is -1.56. The molecule has 17 heavy (non-hydrogen) atoms. The van der Waals surface area contributed by atoms with Crippen molar-refractivity contribution in [2.24, 2.45) is 0 Å². The van der Waals surface area contributed by atoms with E-state index in [1.807, 2.05) is 42.6 Å². The van der Waals surface area contributed by atoms with Crippen LogP contribution in [0.5, 0.6) is 0 Å². The third-order valence-electron chi connectivity index (χ3n) is 2.30.